The van der Waals surface area contributed by atoms with Crippen LogP contribution in [0, 0.1) is 6.92 Å². The van der Waals surface area contributed by atoms with Crippen LogP contribution in [0.2, 0.25) is 0 Å². The first-order chi connectivity index (χ1) is 10.1. The van der Waals surface area contributed by atoms with Crippen molar-refractivity contribution >= 4 is 0 Å². The number of aromatic nitrogens is 2. The van der Waals surface area contributed by atoms with Gasteiger partial charge in [0, 0.05) is 18.8 Å². The van der Waals surface area contributed by atoms with Crippen molar-refractivity contribution in [1.82, 2.24) is 15.1 Å². The number of nitrogens with zero attached hydrogens (tertiary/aromatic N) is 2. The fraction of sp³-hybridized carbons (Fsp3) is 0.438. The number of aryl methyl sites for hydroxylation is 1. The Labute approximate surface area is 125 Å². The molecule has 1 N–H and O–H groups in total. The van der Waals surface area contributed by atoms with Gasteiger partial charge in [0.1, 0.15) is 0 Å². The van der Waals surface area contributed by atoms with E-state index in [1.807, 2.05) is 36.0 Å². The van der Waals surface area contributed by atoms with E-state index in [4.69, 9.17) is 9.47 Å². The maximum atomic E-state index is 5.32. The van der Waals surface area contributed by atoms with Crippen LogP contribution in [0.1, 0.15) is 18.1 Å². The second-order valence-corrected chi connectivity index (χ2v) is 5.21. The highest BCUT2D eigenvalue weighted by molar-refractivity contribution is 5.42. The highest BCUT2D eigenvalue weighted by Gasteiger charge is 2.07. The Balaban J connectivity index is 1.90. The lowest BCUT2D eigenvalue weighted by Crippen LogP contribution is -2.30. The fourth-order valence-electron chi connectivity index (χ4n) is 2.19. The first-order valence-corrected chi connectivity index (χ1v) is 7.05. The zero-order valence-electron chi connectivity index (χ0n) is 13.1. The fourth-order valence-corrected chi connectivity index (χ4v) is 2.19. The second-order valence-electron chi connectivity index (χ2n) is 5.21. The SMILES string of the molecule is COc1ccc(CNC(C)Cn2cc(C)cn2)cc1OC. The van der Waals surface area contributed by atoms with Crippen LogP contribution in [0.4, 0.5) is 0 Å². The van der Waals surface area contributed by atoms with E-state index in [0.29, 0.717) is 6.04 Å². The monoisotopic (exact) mass is 289 g/mol. The van der Waals surface area contributed by atoms with Crippen LogP contribution in [-0.4, -0.2) is 30.0 Å². The molecule has 1 heterocycles. The first kappa shape index (κ1) is 15.4. The summed E-state index contributed by atoms with van der Waals surface area (Å²) in [5.41, 5.74) is 2.35. The van der Waals surface area contributed by atoms with Crippen molar-refractivity contribution in [3.05, 3.63) is 41.7 Å². The molecule has 5 heteroatoms. The summed E-state index contributed by atoms with van der Waals surface area (Å²) in [4.78, 5) is 0. The number of hydrogen-bond acceptors (Lipinski definition) is 4. The van der Waals surface area contributed by atoms with Crippen LogP contribution in [-0.2, 0) is 13.1 Å². The minimum absolute atomic E-state index is 0.331. The first-order valence-electron chi connectivity index (χ1n) is 7.05. The highest BCUT2D eigenvalue weighted by Crippen LogP contribution is 2.27. The molecule has 0 fully saturated rings. The quantitative estimate of drug-likeness (QED) is 0.850. The number of methoxy groups -OCH3 is 2. The molecular formula is C16H23N3O2. The lowest BCUT2D eigenvalue weighted by atomic mass is 10.2. The largest absolute Gasteiger partial charge is 0.493 e. The van der Waals surface area contributed by atoms with Gasteiger partial charge in [-0.15, -0.1) is 0 Å². The summed E-state index contributed by atoms with van der Waals surface area (Å²) in [7, 11) is 3.29. The maximum Gasteiger partial charge on any atom is 0.161 e. The molecule has 2 aromatic rings. The molecule has 1 aromatic carbocycles. The summed E-state index contributed by atoms with van der Waals surface area (Å²) in [6.45, 7) is 5.83. The summed E-state index contributed by atoms with van der Waals surface area (Å²) < 4.78 is 12.5. The topological polar surface area (TPSA) is 48.3 Å². The molecule has 0 bridgehead atoms. The molecule has 0 saturated heterocycles. The molecule has 114 valence electrons. The number of ether oxygens (including phenoxy) is 2. The molecule has 0 aliphatic rings. The molecule has 21 heavy (non-hydrogen) atoms. The number of nitrogens with one attached hydrogen (secondary N) is 1. The molecule has 2 rings (SSSR count). The average Bonchev–Trinajstić information content (AvgIpc) is 2.89. The standard InChI is InChI=1S/C16H23N3O2/c1-12-8-18-19(10-12)11-13(2)17-9-14-5-6-15(20-3)16(7-14)21-4/h5-8,10,13,17H,9,11H2,1-4H3. The minimum atomic E-state index is 0.331. The lowest BCUT2D eigenvalue weighted by Gasteiger charge is -2.15. The van der Waals surface area contributed by atoms with Crippen LogP contribution < -0.4 is 14.8 Å². The Bertz CT molecular complexity index is 581. The van der Waals surface area contributed by atoms with Crippen LogP contribution in [0.15, 0.2) is 30.6 Å². The summed E-state index contributed by atoms with van der Waals surface area (Å²) in [5, 5.41) is 7.79. The second kappa shape index (κ2) is 7.13. The Morgan fingerprint density at radius 1 is 1.24 bits per heavy atom. The van der Waals surface area contributed by atoms with Gasteiger partial charge in [-0.2, -0.15) is 5.10 Å². The molecule has 1 unspecified atom stereocenters. The average molecular weight is 289 g/mol. The molecule has 0 saturated carbocycles. The lowest BCUT2D eigenvalue weighted by molar-refractivity contribution is 0.354. The molecular weight excluding hydrogens is 266 g/mol. The van der Waals surface area contributed by atoms with E-state index in [9.17, 15) is 0 Å². The van der Waals surface area contributed by atoms with Crippen molar-refractivity contribution in [3.8, 4) is 11.5 Å². The molecule has 1 atom stereocenters. The van der Waals surface area contributed by atoms with E-state index in [-0.39, 0.29) is 0 Å². The zero-order chi connectivity index (χ0) is 15.2. The van der Waals surface area contributed by atoms with Gasteiger partial charge in [0.2, 0.25) is 0 Å². The molecule has 0 radical (unpaired) electrons. The molecule has 0 amide bonds. The van der Waals surface area contributed by atoms with E-state index >= 15 is 0 Å². The van der Waals surface area contributed by atoms with Gasteiger partial charge in [0.15, 0.2) is 11.5 Å². The van der Waals surface area contributed by atoms with Crippen molar-refractivity contribution in [2.75, 3.05) is 14.2 Å². The highest BCUT2D eigenvalue weighted by atomic mass is 16.5. The molecule has 0 aliphatic carbocycles. The summed E-state index contributed by atoms with van der Waals surface area (Å²) in [6.07, 6.45) is 3.93. The van der Waals surface area contributed by atoms with E-state index < -0.39 is 0 Å². The van der Waals surface area contributed by atoms with Gasteiger partial charge in [0.05, 0.1) is 27.0 Å². The van der Waals surface area contributed by atoms with E-state index in [2.05, 4.69) is 23.5 Å². The summed E-state index contributed by atoms with van der Waals surface area (Å²) in [6, 6.07) is 6.30. The van der Waals surface area contributed by atoms with Gasteiger partial charge >= 0.3 is 0 Å². The Kier molecular flexibility index (Phi) is 5.22. The molecule has 0 spiro atoms. The third-order valence-corrected chi connectivity index (χ3v) is 3.33. The van der Waals surface area contributed by atoms with Gasteiger partial charge in [0.25, 0.3) is 0 Å². The minimum Gasteiger partial charge on any atom is -0.493 e. The molecule has 0 aliphatic heterocycles. The number of rotatable bonds is 7. The van der Waals surface area contributed by atoms with Crippen molar-refractivity contribution in [2.24, 2.45) is 0 Å². The molecule has 1 aromatic heterocycles. The van der Waals surface area contributed by atoms with Crippen molar-refractivity contribution < 1.29 is 9.47 Å². The Hall–Kier alpha value is -2.01. The van der Waals surface area contributed by atoms with Crippen molar-refractivity contribution in [3.63, 3.8) is 0 Å². The Morgan fingerprint density at radius 3 is 2.62 bits per heavy atom. The van der Waals surface area contributed by atoms with Gasteiger partial charge in [-0.05, 0) is 37.1 Å². The van der Waals surface area contributed by atoms with Crippen LogP contribution >= 0.6 is 0 Å². The van der Waals surface area contributed by atoms with Crippen molar-refractivity contribution in [2.45, 2.75) is 33.0 Å². The smallest absolute Gasteiger partial charge is 0.161 e. The zero-order valence-corrected chi connectivity index (χ0v) is 13.1. The Morgan fingerprint density at radius 2 is 2.00 bits per heavy atom. The van der Waals surface area contributed by atoms with E-state index in [1.54, 1.807) is 14.2 Å². The van der Waals surface area contributed by atoms with Gasteiger partial charge in [-0.3, -0.25) is 4.68 Å². The maximum absolute atomic E-state index is 5.32. The predicted octanol–water partition coefficient (Wildman–Crippen LogP) is 2.39. The van der Waals surface area contributed by atoms with Gasteiger partial charge in [-0.1, -0.05) is 6.07 Å². The van der Waals surface area contributed by atoms with E-state index in [0.717, 1.165) is 30.2 Å². The van der Waals surface area contributed by atoms with Gasteiger partial charge in [-0.25, -0.2) is 0 Å². The van der Waals surface area contributed by atoms with Crippen LogP contribution in [0.5, 0.6) is 11.5 Å². The summed E-state index contributed by atoms with van der Waals surface area (Å²) >= 11 is 0. The summed E-state index contributed by atoms with van der Waals surface area (Å²) in [5.74, 6) is 1.51. The number of benzene rings is 1. The predicted molar refractivity (Wildman–Crippen MR) is 82.8 cm³/mol. The van der Waals surface area contributed by atoms with Crippen LogP contribution in [0.25, 0.3) is 0 Å². The van der Waals surface area contributed by atoms with E-state index in [1.165, 1.54) is 5.56 Å². The third-order valence-electron chi connectivity index (χ3n) is 3.33. The normalized spacial score (nSPS) is 12.2. The van der Waals surface area contributed by atoms with Crippen molar-refractivity contribution in [1.29, 1.82) is 0 Å². The number of hydrogen-bond donors (Lipinski definition) is 1. The third kappa shape index (κ3) is 4.23. The van der Waals surface area contributed by atoms with Gasteiger partial charge < -0.3 is 14.8 Å². The molecule has 5 nitrogen and oxygen atoms in total. The van der Waals surface area contributed by atoms with Crippen LogP contribution in [0.3, 0.4) is 0 Å².